The van der Waals surface area contributed by atoms with Crippen molar-refractivity contribution in [3.8, 4) is 5.69 Å². The molecule has 0 aliphatic heterocycles. The van der Waals surface area contributed by atoms with Gasteiger partial charge in [0.25, 0.3) is 0 Å². The Morgan fingerprint density at radius 1 is 1.20 bits per heavy atom. The van der Waals surface area contributed by atoms with Crippen LogP contribution in [0.5, 0.6) is 0 Å². The van der Waals surface area contributed by atoms with Crippen molar-refractivity contribution in [2.45, 2.75) is 13.0 Å². The molecule has 0 saturated heterocycles. The summed E-state index contributed by atoms with van der Waals surface area (Å²) < 4.78 is 1.74. The van der Waals surface area contributed by atoms with Crippen LogP contribution in [0.25, 0.3) is 5.69 Å². The van der Waals surface area contributed by atoms with Crippen molar-refractivity contribution in [3.05, 3.63) is 64.9 Å². The number of benzene rings is 1. The van der Waals surface area contributed by atoms with Gasteiger partial charge in [0.15, 0.2) is 5.96 Å². The quantitative estimate of drug-likeness (QED) is 0.332. The van der Waals surface area contributed by atoms with Crippen molar-refractivity contribution in [2.24, 2.45) is 4.99 Å². The number of rotatable bonds is 6. The van der Waals surface area contributed by atoms with Crippen molar-refractivity contribution in [2.75, 3.05) is 13.6 Å². The first-order valence-electron chi connectivity index (χ1n) is 7.76. The highest BCUT2D eigenvalue weighted by Crippen LogP contribution is 2.09. The molecule has 0 spiro atoms. The summed E-state index contributed by atoms with van der Waals surface area (Å²) in [4.78, 5) is 9.59. The number of aromatic nitrogens is 3. The predicted molar refractivity (Wildman–Crippen MR) is 113 cm³/mol. The van der Waals surface area contributed by atoms with Crippen LogP contribution in [-0.4, -0.2) is 34.3 Å². The minimum atomic E-state index is 0. The van der Waals surface area contributed by atoms with Gasteiger partial charge in [-0.25, -0.2) is 9.67 Å². The third kappa shape index (κ3) is 5.82. The molecule has 2 heterocycles. The molecule has 0 bridgehead atoms. The second kappa shape index (κ2) is 10.1. The Morgan fingerprint density at radius 3 is 2.68 bits per heavy atom. The van der Waals surface area contributed by atoms with Crippen LogP contribution in [0, 0.1) is 0 Å². The van der Waals surface area contributed by atoms with Gasteiger partial charge in [-0.2, -0.15) is 5.10 Å². The summed E-state index contributed by atoms with van der Waals surface area (Å²) in [7, 11) is 1.79. The Hall–Kier alpha value is -1.94. The van der Waals surface area contributed by atoms with E-state index in [1.54, 1.807) is 29.4 Å². The number of thiophene rings is 1. The molecule has 6 nitrogen and oxygen atoms in total. The summed E-state index contributed by atoms with van der Waals surface area (Å²) in [6.45, 7) is 1.59. The summed E-state index contributed by atoms with van der Waals surface area (Å²) in [5, 5.41) is 12.9. The Balaban J connectivity index is 0.00000225. The zero-order chi connectivity index (χ0) is 16.6. The van der Waals surface area contributed by atoms with Crippen molar-refractivity contribution >= 4 is 41.3 Å². The predicted octanol–water partition coefficient (Wildman–Crippen LogP) is 2.85. The maximum Gasteiger partial charge on any atom is 0.191 e. The van der Waals surface area contributed by atoms with Gasteiger partial charge in [0.05, 0.1) is 5.69 Å². The second-order valence-electron chi connectivity index (χ2n) is 5.19. The third-order valence-electron chi connectivity index (χ3n) is 3.55. The van der Waals surface area contributed by atoms with E-state index in [9.17, 15) is 0 Å². The summed E-state index contributed by atoms with van der Waals surface area (Å²) in [5.74, 6) is 0.812. The lowest BCUT2D eigenvalue weighted by molar-refractivity contribution is 0.798. The van der Waals surface area contributed by atoms with Gasteiger partial charge in [-0.1, -0.05) is 18.2 Å². The van der Waals surface area contributed by atoms with E-state index >= 15 is 0 Å². The van der Waals surface area contributed by atoms with Gasteiger partial charge in [-0.05, 0) is 35.6 Å². The first kappa shape index (κ1) is 19.4. The van der Waals surface area contributed by atoms with Gasteiger partial charge < -0.3 is 10.6 Å². The zero-order valence-electron chi connectivity index (χ0n) is 13.9. The van der Waals surface area contributed by atoms with Gasteiger partial charge in [0.2, 0.25) is 0 Å². The van der Waals surface area contributed by atoms with E-state index in [2.05, 4.69) is 55.4 Å². The lowest BCUT2D eigenvalue weighted by Gasteiger charge is -2.12. The van der Waals surface area contributed by atoms with E-state index < -0.39 is 0 Å². The SMILES string of the molecule is CN=C(NCCc1cccs1)NCc1ccc(-n2cncn2)cc1.I. The van der Waals surface area contributed by atoms with E-state index in [1.807, 2.05) is 12.1 Å². The molecule has 3 rings (SSSR count). The van der Waals surface area contributed by atoms with Gasteiger partial charge >= 0.3 is 0 Å². The zero-order valence-corrected chi connectivity index (χ0v) is 17.1. The number of nitrogens with zero attached hydrogens (tertiary/aromatic N) is 4. The summed E-state index contributed by atoms with van der Waals surface area (Å²) in [6, 6.07) is 12.4. The minimum Gasteiger partial charge on any atom is -0.356 e. The highest BCUT2D eigenvalue weighted by atomic mass is 127. The van der Waals surface area contributed by atoms with Crippen LogP contribution < -0.4 is 10.6 Å². The fourth-order valence-electron chi connectivity index (χ4n) is 2.27. The molecule has 0 aliphatic rings. The van der Waals surface area contributed by atoms with Crippen molar-refractivity contribution in [1.29, 1.82) is 0 Å². The lowest BCUT2D eigenvalue weighted by Crippen LogP contribution is -2.37. The van der Waals surface area contributed by atoms with Crippen molar-refractivity contribution < 1.29 is 0 Å². The normalized spacial score (nSPS) is 11.0. The number of nitrogens with one attached hydrogen (secondary N) is 2. The maximum atomic E-state index is 4.26. The fraction of sp³-hybridized carbons (Fsp3) is 0.235. The van der Waals surface area contributed by atoms with Crippen LogP contribution in [0.15, 0.2) is 59.4 Å². The van der Waals surface area contributed by atoms with Crippen molar-refractivity contribution in [3.63, 3.8) is 0 Å². The molecule has 25 heavy (non-hydrogen) atoms. The molecule has 2 N–H and O–H groups in total. The second-order valence-corrected chi connectivity index (χ2v) is 6.22. The Bertz CT molecular complexity index is 753. The molecule has 2 aromatic heterocycles. The highest BCUT2D eigenvalue weighted by Gasteiger charge is 2.01. The third-order valence-corrected chi connectivity index (χ3v) is 4.48. The van der Waals surface area contributed by atoms with Gasteiger partial charge in [0.1, 0.15) is 12.7 Å². The highest BCUT2D eigenvalue weighted by molar-refractivity contribution is 14.0. The summed E-state index contributed by atoms with van der Waals surface area (Å²) in [6.07, 6.45) is 4.22. The topological polar surface area (TPSA) is 67.1 Å². The summed E-state index contributed by atoms with van der Waals surface area (Å²) >= 11 is 1.78. The molecular formula is C17H21IN6S. The van der Waals surface area contributed by atoms with Gasteiger partial charge in [-0.3, -0.25) is 4.99 Å². The lowest BCUT2D eigenvalue weighted by atomic mass is 10.2. The molecule has 3 aromatic rings. The number of aliphatic imine (C=N–C) groups is 1. The van der Waals surface area contributed by atoms with Crippen LogP contribution in [0.2, 0.25) is 0 Å². The molecule has 0 fully saturated rings. The minimum absolute atomic E-state index is 0. The van der Waals surface area contributed by atoms with Gasteiger partial charge in [-0.15, -0.1) is 35.3 Å². The molecular weight excluding hydrogens is 447 g/mol. The Kier molecular flexibility index (Phi) is 7.86. The first-order valence-corrected chi connectivity index (χ1v) is 8.64. The number of guanidine groups is 1. The first-order chi connectivity index (χ1) is 11.8. The molecule has 0 saturated carbocycles. The van der Waals surface area contributed by atoms with E-state index in [4.69, 9.17) is 0 Å². The molecule has 0 amide bonds. The molecule has 0 aliphatic carbocycles. The van der Waals surface area contributed by atoms with Crippen LogP contribution in [0.3, 0.4) is 0 Å². The van der Waals surface area contributed by atoms with Crippen LogP contribution in [0.1, 0.15) is 10.4 Å². The molecule has 8 heteroatoms. The van der Waals surface area contributed by atoms with E-state index in [1.165, 1.54) is 16.8 Å². The average molecular weight is 468 g/mol. The van der Waals surface area contributed by atoms with Crippen molar-refractivity contribution in [1.82, 2.24) is 25.4 Å². The van der Waals surface area contributed by atoms with E-state index in [0.29, 0.717) is 0 Å². The molecule has 132 valence electrons. The number of halogens is 1. The molecule has 0 radical (unpaired) electrons. The standard InChI is InChI=1S/C17H20N6S.HI/c1-18-17(20-9-8-16-3-2-10-24-16)21-11-14-4-6-15(7-5-14)23-13-19-12-22-23;/h2-7,10,12-13H,8-9,11H2,1H3,(H2,18,20,21);1H. The fourth-order valence-corrected chi connectivity index (χ4v) is 2.98. The van der Waals surface area contributed by atoms with Crippen LogP contribution in [-0.2, 0) is 13.0 Å². The average Bonchev–Trinajstić information content (AvgIpc) is 3.32. The molecule has 0 atom stereocenters. The Labute approximate surface area is 168 Å². The molecule has 0 unspecified atom stereocenters. The monoisotopic (exact) mass is 468 g/mol. The maximum absolute atomic E-state index is 4.26. The number of hydrogen-bond acceptors (Lipinski definition) is 4. The smallest absolute Gasteiger partial charge is 0.191 e. The van der Waals surface area contributed by atoms with E-state index in [0.717, 1.165) is 31.2 Å². The Morgan fingerprint density at radius 2 is 2.04 bits per heavy atom. The largest absolute Gasteiger partial charge is 0.356 e. The summed E-state index contributed by atoms with van der Waals surface area (Å²) in [5.41, 5.74) is 2.18. The number of hydrogen-bond donors (Lipinski definition) is 2. The molecule has 1 aromatic carbocycles. The van der Waals surface area contributed by atoms with Crippen LogP contribution >= 0.6 is 35.3 Å². The van der Waals surface area contributed by atoms with Crippen LogP contribution in [0.4, 0.5) is 0 Å². The van der Waals surface area contributed by atoms with Gasteiger partial charge in [0, 0.05) is 25.0 Å². The van der Waals surface area contributed by atoms with E-state index in [-0.39, 0.29) is 24.0 Å².